The third-order valence-corrected chi connectivity index (χ3v) is 3.82. The van der Waals surface area contributed by atoms with Gasteiger partial charge in [0.1, 0.15) is 5.82 Å². The van der Waals surface area contributed by atoms with Gasteiger partial charge in [-0.05, 0) is 30.9 Å². The number of benzene rings is 1. The van der Waals surface area contributed by atoms with Gasteiger partial charge >= 0.3 is 5.97 Å². The molecule has 1 fully saturated rings. The zero-order valence-electron chi connectivity index (χ0n) is 10.6. The van der Waals surface area contributed by atoms with Gasteiger partial charge in [0.05, 0.1) is 5.92 Å². The maximum atomic E-state index is 13.1. The SMILES string of the molecule is O=C(C[C@@H]1CCCC[C@H]1C(=O)O)c1cccc(F)c1. The van der Waals surface area contributed by atoms with Gasteiger partial charge in [-0.25, -0.2) is 4.39 Å². The van der Waals surface area contributed by atoms with Gasteiger partial charge in [-0.1, -0.05) is 25.0 Å². The van der Waals surface area contributed by atoms with Crippen molar-refractivity contribution < 1.29 is 19.1 Å². The Morgan fingerprint density at radius 1 is 1.26 bits per heavy atom. The van der Waals surface area contributed by atoms with Crippen molar-refractivity contribution in [1.82, 2.24) is 0 Å². The summed E-state index contributed by atoms with van der Waals surface area (Å²) < 4.78 is 13.1. The van der Waals surface area contributed by atoms with E-state index in [1.807, 2.05) is 0 Å². The first kappa shape index (κ1) is 13.7. The molecule has 0 heterocycles. The molecule has 1 N–H and O–H groups in total. The second-order valence-electron chi connectivity index (χ2n) is 5.13. The molecule has 1 saturated carbocycles. The summed E-state index contributed by atoms with van der Waals surface area (Å²) in [6.07, 6.45) is 3.46. The maximum Gasteiger partial charge on any atom is 0.306 e. The highest BCUT2D eigenvalue weighted by Crippen LogP contribution is 2.33. The number of carbonyl (C=O) groups is 2. The normalized spacial score (nSPS) is 23.0. The van der Waals surface area contributed by atoms with Crippen molar-refractivity contribution in [1.29, 1.82) is 0 Å². The smallest absolute Gasteiger partial charge is 0.306 e. The van der Waals surface area contributed by atoms with E-state index in [1.165, 1.54) is 18.2 Å². The van der Waals surface area contributed by atoms with Crippen LogP contribution in [0, 0.1) is 17.7 Å². The van der Waals surface area contributed by atoms with Crippen molar-refractivity contribution in [3.05, 3.63) is 35.6 Å². The Bertz CT molecular complexity index is 484. The summed E-state index contributed by atoms with van der Waals surface area (Å²) in [5.74, 6) is -1.99. The number of ketones is 1. The average Bonchev–Trinajstić information content (AvgIpc) is 2.39. The maximum absolute atomic E-state index is 13.1. The lowest BCUT2D eigenvalue weighted by Crippen LogP contribution is -2.28. The van der Waals surface area contributed by atoms with Crippen molar-refractivity contribution in [2.75, 3.05) is 0 Å². The van der Waals surface area contributed by atoms with Gasteiger partial charge in [-0.3, -0.25) is 9.59 Å². The van der Waals surface area contributed by atoms with E-state index in [-0.39, 0.29) is 18.1 Å². The number of hydrogen-bond donors (Lipinski definition) is 1. The van der Waals surface area contributed by atoms with E-state index < -0.39 is 17.7 Å². The molecule has 0 saturated heterocycles. The molecule has 0 spiro atoms. The lowest BCUT2D eigenvalue weighted by atomic mass is 9.76. The Morgan fingerprint density at radius 2 is 2.00 bits per heavy atom. The molecule has 0 radical (unpaired) electrons. The minimum atomic E-state index is -0.822. The van der Waals surface area contributed by atoms with Gasteiger partial charge in [0, 0.05) is 12.0 Å². The Hall–Kier alpha value is -1.71. The molecule has 0 unspecified atom stereocenters. The topological polar surface area (TPSA) is 54.4 Å². The Balaban J connectivity index is 2.07. The molecule has 2 atom stereocenters. The Labute approximate surface area is 111 Å². The van der Waals surface area contributed by atoms with Gasteiger partial charge in [-0.15, -0.1) is 0 Å². The van der Waals surface area contributed by atoms with Crippen molar-refractivity contribution in [3.63, 3.8) is 0 Å². The van der Waals surface area contributed by atoms with E-state index in [0.29, 0.717) is 12.0 Å². The number of carboxylic acids is 1. The predicted molar refractivity (Wildman–Crippen MR) is 68.4 cm³/mol. The number of rotatable bonds is 4. The van der Waals surface area contributed by atoms with Gasteiger partial charge in [0.2, 0.25) is 0 Å². The van der Waals surface area contributed by atoms with E-state index in [4.69, 9.17) is 5.11 Å². The summed E-state index contributed by atoms with van der Waals surface area (Å²) in [5.41, 5.74) is 0.328. The molecular formula is C15H17FO3. The molecule has 0 aromatic heterocycles. The van der Waals surface area contributed by atoms with Crippen LogP contribution in [0.4, 0.5) is 4.39 Å². The molecular weight excluding hydrogens is 247 g/mol. The lowest BCUT2D eigenvalue weighted by molar-refractivity contribution is -0.144. The molecule has 19 heavy (non-hydrogen) atoms. The molecule has 0 aliphatic heterocycles. The second-order valence-corrected chi connectivity index (χ2v) is 5.13. The van der Waals surface area contributed by atoms with Crippen LogP contribution < -0.4 is 0 Å². The van der Waals surface area contributed by atoms with Crippen LogP contribution in [0.3, 0.4) is 0 Å². The van der Waals surface area contributed by atoms with Crippen LogP contribution in [0.25, 0.3) is 0 Å². The highest BCUT2D eigenvalue weighted by molar-refractivity contribution is 5.96. The van der Waals surface area contributed by atoms with Gasteiger partial charge in [0.15, 0.2) is 5.78 Å². The monoisotopic (exact) mass is 264 g/mol. The first-order chi connectivity index (χ1) is 9.08. The minimum Gasteiger partial charge on any atom is -0.481 e. The first-order valence-electron chi connectivity index (χ1n) is 6.59. The van der Waals surface area contributed by atoms with Crippen LogP contribution >= 0.6 is 0 Å². The summed E-state index contributed by atoms with van der Waals surface area (Å²) in [7, 11) is 0. The van der Waals surface area contributed by atoms with Crippen molar-refractivity contribution in [3.8, 4) is 0 Å². The quantitative estimate of drug-likeness (QED) is 0.849. The highest BCUT2D eigenvalue weighted by atomic mass is 19.1. The highest BCUT2D eigenvalue weighted by Gasteiger charge is 2.32. The number of carboxylic acid groups (broad SMARTS) is 1. The van der Waals surface area contributed by atoms with Crippen molar-refractivity contribution >= 4 is 11.8 Å². The van der Waals surface area contributed by atoms with E-state index >= 15 is 0 Å². The standard InChI is InChI=1S/C15H17FO3/c16-12-6-3-5-11(8-12)14(17)9-10-4-1-2-7-13(10)15(18)19/h3,5-6,8,10,13H,1-2,4,7,9H2,(H,18,19)/t10-,13+/m0/s1. The molecule has 102 valence electrons. The van der Waals surface area contributed by atoms with Crippen LogP contribution in [0.15, 0.2) is 24.3 Å². The van der Waals surface area contributed by atoms with Crippen LogP contribution in [-0.4, -0.2) is 16.9 Å². The van der Waals surface area contributed by atoms with Gasteiger partial charge < -0.3 is 5.11 Å². The molecule has 0 amide bonds. The zero-order chi connectivity index (χ0) is 13.8. The fourth-order valence-corrected chi connectivity index (χ4v) is 2.80. The average molecular weight is 264 g/mol. The molecule has 0 bridgehead atoms. The molecule has 1 aliphatic rings. The second kappa shape index (κ2) is 5.95. The summed E-state index contributed by atoms with van der Waals surface area (Å²) in [5, 5.41) is 9.16. The Morgan fingerprint density at radius 3 is 2.68 bits per heavy atom. The summed E-state index contributed by atoms with van der Waals surface area (Å²) in [6, 6.07) is 5.57. The van der Waals surface area contributed by atoms with E-state index in [1.54, 1.807) is 6.07 Å². The van der Waals surface area contributed by atoms with Crippen molar-refractivity contribution in [2.24, 2.45) is 11.8 Å². The third kappa shape index (κ3) is 3.40. The number of Topliss-reactive ketones (excluding diaryl/α,β-unsaturated/α-hetero) is 1. The molecule has 1 aromatic rings. The summed E-state index contributed by atoms with van der Waals surface area (Å²) >= 11 is 0. The largest absolute Gasteiger partial charge is 0.481 e. The summed E-state index contributed by atoms with van der Waals surface area (Å²) in [6.45, 7) is 0. The lowest BCUT2D eigenvalue weighted by Gasteiger charge is -2.27. The molecule has 3 nitrogen and oxygen atoms in total. The predicted octanol–water partition coefficient (Wildman–Crippen LogP) is 3.29. The third-order valence-electron chi connectivity index (χ3n) is 3.82. The Kier molecular flexibility index (Phi) is 4.30. The van der Waals surface area contributed by atoms with Crippen LogP contribution in [0.1, 0.15) is 42.5 Å². The van der Waals surface area contributed by atoms with E-state index in [2.05, 4.69) is 0 Å². The van der Waals surface area contributed by atoms with Gasteiger partial charge in [0.25, 0.3) is 0 Å². The minimum absolute atomic E-state index is 0.123. The molecule has 1 aliphatic carbocycles. The van der Waals surface area contributed by atoms with E-state index in [9.17, 15) is 14.0 Å². The number of hydrogen-bond acceptors (Lipinski definition) is 2. The van der Waals surface area contributed by atoms with Gasteiger partial charge in [-0.2, -0.15) is 0 Å². The van der Waals surface area contributed by atoms with Crippen molar-refractivity contribution in [2.45, 2.75) is 32.1 Å². The fraction of sp³-hybridized carbons (Fsp3) is 0.467. The number of aliphatic carboxylic acids is 1. The molecule has 1 aromatic carbocycles. The van der Waals surface area contributed by atoms with Crippen LogP contribution in [-0.2, 0) is 4.79 Å². The number of carbonyl (C=O) groups excluding carboxylic acids is 1. The number of halogens is 1. The summed E-state index contributed by atoms with van der Waals surface area (Å²) in [4.78, 5) is 23.2. The molecule has 4 heteroatoms. The van der Waals surface area contributed by atoms with Crippen LogP contribution in [0.5, 0.6) is 0 Å². The van der Waals surface area contributed by atoms with E-state index in [0.717, 1.165) is 19.3 Å². The molecule has 2 rings (SSSR count). The first-order valence-corrected chi connectivity index (χ1v) is 6.59. The van der Waals surface area contributed by atoms with Crippen LogP contribution in [0.2, 0.25) is 0 Å². The fourth-order valence-electron chi connectivity index (χ4n) is 2.80. The zero-order valence-corrected chi connectivity index (χ0v) is 10.6.